The van der Waals surface area contributed by atoms with Gasteiger partial charge in [0, 0.05) is 5.56 Å². The standard InChI is InChI=1S/C10H13N3O2.ClH/c1-7(11)9(14)12-13-10(15)8-5-3-2-4-6-8;/h2-7H,11H2,1H3,(H,12,14)(H,13,15);1H. The summed E-state index contributed by atoms with van der Waals surface area (Å²) in [6.07, 6.45) is 0. The van der Waals surface area contributed by atoms with Gasteiger partial charge in [0.25, 0.3) is 11.8 Å². The molecule has 0 aromatic heterocycles. The second-order valence-corrected chi connectivity index (χ2v) is 3.10. The molecule has 6 heteroatoms. The van der Waals surface area contributed by atoms with E-state index in [1.807, 2.05) is 0 Å². The molecule has 1 aromatic carbocycles. The van der Waals surface area contributed by atoms with Gasteiger partial charge in [-0.2, -0.15) is 0 Å². The van der Waals surface area contributed by atoms with E-state index in [9.17, 15) is 9.59 Å². The van der Waals surface area contributed by atoms with Crippen molar-refractivity contribution in [3.63, 3.8) is 0 Å². The van der Waals surface area contributed by atoms with Crippen molar-refractivity contribution in [2.75, 3.05) is 0 Å². The van der Waals surface area contributed by atoms with E-state index in [-0.39, 0.29) is 18.3 Å². The van der Waals surface area contributed by atoms with Crippen LogP contribution in [0.2, 0.25) is 0 Å². The molecule has 0 saturated heterocycles. The number of nitrogens with two attached hydrogens (primary N) is 1. The topological polar surface area (TPSA) is 84.2 Å². The van der Waals surface area contributed by atoms with Crippen LogP contribution in [0.15, 0.2) is 30.3 Å². The Balaban J connectivity index is 0.00000225. The molecule has 0 heterocycles. The van der Waals surface area contributed by atoms with E-state index in [0.29, 0.717) is 5.56 Å². The summed E-state index contributed by atoms with van der Waals surface area (Å²) in [6.45, 7) is 1.53. The molecule has 1 aromatic rings. The fourth-order valence-corrected chi connectivity index (χ4v) is 0.894. The normalized spacial score (nSPS) is 10.9. The Labute approximate surface area is 99.8 Å². The second kappa shape index (κ2) is 6.81. The Morgan fingerprint density at radius 1 is 1.19 bits per heavy atom. The van der Waals surface area contributed by atoms with Crippen molar-refractivity contribution in [2.45, 2.75) is 13.0 Å². The number of hydrogen-bond acceptors (Lipinski definition) is 3. The smallest absolute Gasteiger partial charge is 0.269 e. The molecule has 88 valence electrons. The number of hydrogen-bond donors (Lipinski definition) is 3. The van der Waals surface area contributed by atoms with Crippen LogP contribution in [0.25, 0.3) is 0 Å². The molecule has 0 radical (unpaired) electrons. The Morgan fingerprint density at radius 2 is 1.75 bits per heavy atom. The van der Waals surface area contributed by atoms with Crippen molar-refractivity contribution < 1.29 is 9.59 Å². The molecule has 0 aliphatic carbocycles. The van der Waals surface area contributed by atoms with E-state index in [1.54, 1.807) is 30.3 Å². The van der Waals surface area contributed by atoms with E-state index < -0.39 is 11.9 Å². The maximum absolute atomic E-state index is 11.4. The SMILES string of the molecule is CC(N)C(=O)NNC(=O)c1ccccc1.Cl. The lowest BCUT2D eigenvalue weighted by Crippen LogP contribution is -2.48. The third-order valence-corrected chi connectivity index (χ3v) is 1.75. The first kappa shape index (κ1) is 14.4. The predicted octanol–water partition coefficient (Wildman–Crippen LogP) is 0.217. The summed E-state index contributed by atoms with van der Waals surface area (Å²) in [5, 5.41) is 0. The van der Waals surface area contributed by atoms with Gasteiger partial charge in [0.2, 0.25) is 0 Å². The number of benzene rings is 1. The first-order chi connectivity index (χ1) is 7.11. The van der Waals surface area contributed by atoms with Crippen molar-refractivity contribution in [1.29, 1.82) is 0 Å². The number of hydrazine groups is 1. The highest BCUT2D eigenvalue weighted by Gasteiger charge is 2.09. The van der Waals surface area contributed by atoms with Gasteiger partial charge in [0.05, 0.1) is 6.04 Å². The lowest BCUT2D eigenvalue weighted by molar-refractivity contribution is -0.122. The quantitative estimate of drug-likeness (QED) is 0.650. The minimum atomic E-state index is -0.652. The minimum absolute atomic E-state index is 0. The first-order valence-electron chi connectivity index (χ1n) is 4.52. The lowest BCUT2D eigenvalue weighted by atomic mass is 10.2. The van der Waals surface area contributed by atoms with Gasteiger partial charge in [0.1, 0.15) is 0 Å². The summed E-state index contributed by atoms with van der Waals surface area (Å²) < 4.78 is 0. The summed E-state index contributed by atoms with van der Waals surface area (Å²) >= 11 is 0. The summed E-state index contributed by atoms with van der Waals surface area (Å²) in [6, 6.07) is 7.92. The highest BCUT2D eigenvalue weighted by molar-refractivity contribution is 5.95. The summed E-state index contributed by atoms with van der Waals surface area (Å²) in [5.41, 5.74) is 10.3. The monoisotopic (exact) mass is 243 g/mol. The van der Waals surface area contributed by atoms with Gasteiger partial charge in [0.15, 0.2) is 0 Å². The van der Waals surface area contributed by atoms with Crippen LogP contribution in [0.4, 0.5) is 0 Å². The van der Waals surface area contributed by atoms with Crippen molar-refractivity contribution in [3.05, 3.63) is 35.9 Å². The molecule has 0 bridgehead atoms. The molecule has 4 N–H and O–H groups in total. The fourth-order valence-electron chi connectivity index (χ4n) is 0.894. The fraction of sp³-hybridized carbons (Fsp3) is 0.200. The van der Waals surface area contributed by atoms with Crippen LogP contribution in [-0.4, -0.2) is 17.9 Å². The van der Waals surface area contributed by atoms with Crippen molar-refractivity contribution in [1.82, 2.24) is 10.9 Å². The van der Waals surface area contributed by atoms with Crippen molar-refractivity contribution in [2.24, 2.45) is 5.73 Å². The average molecular weight is 244 g/mol. The van der Waals surface area contributed by atoms with Gasteiger partial charge in [-0.3, -0.25) is 20.4 Å². The minimum Gasteiger partial charge on any atom is -0.320 e. The maximum Gasteiger partial charge on any atom is 0.269 e. The zero-order valence-electron chi connectivity index (χ0n) is 8.77. The largest absolute Gasteiger partial charge is 0.320 e. The Morgan fingerprint density at radius 3 is 2.25 bits per heavy atom. The van der Waals surface area contributed by atoms with Crippen LogP contribution in [-0.2, 0) is 4.79 Å². The van der Waals surface area contributed by atoms with Crippen LogP contribution < -0.4 is 16.6 Å². The van der Waals surface area contributed by atoms with Crippen LogP contribution in [0.5, 0.6) is 0 Å². The number of halogens is 1. The number of carbonyl (C=O) groups is 2. The summed E-state index contributed by atoms with van der Waals surface area (Å²) in [4.78, 5) is 22.4. The highest BCUT2D eigenvalue weighted by Crippen LogP contribution is 1.96. The van der Waals surface area contributed by atoms with E-state index in [2.05, 4.69) is 10.9 Å². The molecule has 1 rings (SSSR count). The van der Waals surface area contributed by atoms with Crippen LogP contribution in [0.1, 0.15) is 17.3 Å². The molecule has 16 heavy (non-hydrogen) atoms. The molecule has 1 unspecified atom stereocenters. The van der Waals surface area contributed by atoms with E-state index in [0.717, 1.165) is 0 Å². The van der Waals surface area contributed by atoms with Gasteiger partial charge in [-0.15, -0.1) is 12.4 Å². The molecule has 0 saturated carbocycles. The Bertz CT molecular complexity index is 354. The average Bonchev–Trinajstić information content (AvgIpc) is 2.26. The summed E-state index contributed by atoms with van der Waals surface area (Å²) in [7, 11) is 0. The van der Waals surface area contributed by atoms with E-state index in [4.69, 9.17) is 5.73 Å². The molecule has 0 aliphatic heterocycles. The zero-order chi connectivity index (χ0) is 11.3. The van der Waals surface area contributed by atoms with Crippen molar-refractivity contribution in [3.8, 4) is 0 Å². The molecule has 0 spiro atoms. The Hall–Kier alpha value is -1.59. The molecule has 1 atom stereocenters. The second-order valence-electron chi connectivity index (χ2n) is 3.10. The van der Waals surface area contributed by atoms with Crippen molar-refractivity contribution >= 4 is 24.2 Å². The van der Waals surface area contributed by atoms with Gasteiger partial charge in [-0.25, -0.2) is 0 Å². The zero-order valence-corrected chi connectivity index (χ0v) is 9.58. The van der Waals surface area contributed by atoms with E-state index in [1.165, 1.54) is 6.92 Å². The molecular weight excluding hydrogens is 230 g/mol. The van der Waals surface area contributed by atoms with Gasteiger partial charge in [-0.1, -0.05) is 18.2 Å². The third-order valence-electron chi connectivity index (χ3n) is 1.75. The van der Waals surface area contributed by atoms with Crippen LogP contribution in [0.3, 0.4) is 0 Å². The lowest BCUT2D eigenvalue weighted by Gasteiger charge is -2.08. The van der Waals surface area contributed by atoms with Gasteiger partial charge in [-0.05, 0) is 19.1 Å². The van der Waals surface area contributed by atoms with Gasteiger partial charge >= 0.3 is 0 Å². The third kappa shape index (κ3) is 4.29. The van der Waals surface area contributed by atoms with E-state index >= 15 is 0 Å². The first-order valence-corrected chi connectivity index (χ1v) is 4.52. The van der Waals surface area contributed by atoms with Crippen LogP contribution >= 0.6 is 12.4 Å². The number of carbonyl (C=O) groups excluding carboxylic acids is 2. The maximum atomic E-state index is 11.4. The number of nitrogens with one attached hydrogen (secondary N) is 2. The summed E-state index contributed by atoms with van der Waals surface area (Å²) in [5.74, 6) is -0.802. The highest BCUT2D eigenvalue weighted by atomic mass is 35.5. The molecule has 0 aliphatic rings. The molecule has 2 amide bonds. The number of rotatable bonds is 2. The molecule has 5 nitrogen and oxygen atoms in total. The Kier molecular flexibility index (Phi) is 6.14. The number of amides is 2. The van der Waals surface area contributed by atoms with Gasteiger partial charge < -0.3 is 5.73 Å². The molecular formula is C10H14ClN3O2. The predicted molar refractivity (Wildman–Crippen MR) is 62.9 cm³/mol. The molecule has 0 fully saturated rings. The van der Waals surface area contributed by atoms with Crippen LogP contribution in [0, 0.1) is 0 Å².